The highest BCUT2D eigenvalue weighted by atomic mass is 35.5. The molecule has 1 saturated heterocycles. The molecule has 204 valence electrons. The summed E-state index contributed by atoms with van der Waals surface area (Å²) in [6, 6.07) is 14.1. The van der Waals surface area contributed by atoms with Crippen molar-refractivity contribution in [2.45, 2.75) is 23.8 Å². The molecule has 12 heteroatoms. The fraction of sp³-hybridized carbons (Fsp3) is 0.308. The largest absolute Gasteiger partial charge is 0.416 e. The summed E-state index contributed by atoms with van der Waals surface area (Å²) in [6.45, 7) is 1.27. The van der Waals surface area contributed by atoms with Gasteiger partial charge in [-0.25, -0.2) is 17.2 Å². The first-order valence-corrected chi connectivity index (χ1v) is 13.5. The number of hydrogen-bond donors (Lipinski definition) is 0. The van der Waals surface area contributed by atoms with Gasteiger partial charge in [-0.05, 0) is 47.5 Å². The molecular weight excluding hydrogens is 551 g/mol. The van der Waals surface area contributed by atoms with E-state index < -0.39 is 44.4 Å². The normalized spacial score (nSPS) is 16.5. The highest BCUT2D eigenvalue weighted by Gasteiger charge is 2.32. The van der Waals surface area contributed by atoms with E-state index in [1.54, 1.807) is 24.3 Å². The Kier molecular flexibility index (Phi) is 8.73. The number of rotatable bonds is 8. The average Bonchev–Trinajstić information content (AvgIpc) is 2.87. The molecule has 0 radical (unpaired) electrons. The van der Waals surface area contributed by atoms with Crippen molar-refractivity contribution in [3.8, 4) is 0 Å². The van der Waals surface area contributed by atoms with Gasteiger partial charge in [-0.3, -0.25) is 4.90 Å². The predicted octanol–water partition coefficient (Wildman–Crippen LogP) is 5.90. The summed E-state index contributed by atoms with van der Waals surface area (Å²) in [4.78, 5) is 1.41. The maximum Gasteiger partial charge on any atom is 0.416 e. The van der Waals surface area contributed by atoms with Gasteiger partial charge in [0.1, 0.15) is 16.5 Å². The van der Waals surface area contributed by atoms with Crippen molar-refractivity contribution >= 4 is 21.6 Å². The lowest BCUT2D eigenvalue weighted by Crippen LogP contribution is -2.49. The van der Waals surface area contributed by atoms with Crippen LogP contribution in [0, 0.1) is 11.6 Å². The maximum atomic E-state index is 14.1. The van der Waals surface area contributed by atoms with Crippen molar-refractivity contribution in [1.29, 1.82) is 0 Å². The summed E-state index contributed by atoms with van der Waals surface area (Å²) in [5, 5.41) is 0.530. The van der Waals surface area contributed by atoms with Crippen molar-refractivity contribution in [2.24, 2.45) is 0 Å². The quantitative estimate of drug-likeness (QED) is 0.314. The van der Waals surface area contributed by atoms with Gasteiger partial charge >= 0.3 is 6.18 Å². The van der Waals surface area contributed by atoms with Crippen LogP contribution in [-0.4, -0.2) is 50.3 Å². The zero-order valence-corrected chi connectivity index (χ0v) is 21.5. The van der Waals surface area contributed by atoms with Gasteiger partial charge in [-0.1, -0.05) is 35.9 Å². The van der Waals surface area contributed by atoms with Gasteiger partial charge in [0.05, 0.1) is 18.3 Å². The molecule has 3 aromatic rings. The lowest BCUT2D eigenvalue weighted by molar-refractivity contribution is -0.137. The summed E-state index contributed by atoms with van der Waals surface area (Å²) in [5.41, 5.74) is 0.614. The highest BCUT2D eigenvalue weighted by molar-refractivity contribution is 7.89. The number of ether oxygens (including phenoxy) is 1. The molecule has 0 aromatic heterocycles. The zero-order valence-electron chi connectivity index (χ0n) is 20.0. The van der Waals surface area contributed by atoms with E-state index in [1.807, 2.05) is 4.90 Å². The topological polar surface area (TPSA) is 49.9 Å². The van der Waals surface area contributed by atoms with E-state index in [2.05, 4.69) is 0 Å². The minimum atomic E-state index is -4.43. The van der Waals surface area contributed by atoms with Gasteiger partial charge in [0, 0.05) is 43.8 Å². The fourth-order valence-corrected chi connectivity index (χ4v) is 5.72. The first-order chi connectivity index (χ1) is 17.9. The Hall–Kier alpha value is -2.57. The molecule has 0 saturated carbocycles. The van der Waals surface area contributed by atoms with E-state index in [4.69, 9.17) is 16.3 Å². The van der Waals surface area contributed by atoms with E-state index in [-0.39, 0.29) is 19.7 Å². The molecule has 1 heterocycles. The van der Waals surface area contributed by atoms with E-state index in [0.717, 1.165) is 34.1 Å². The van der Waals surface area contributed by atoms with Crippen LogP contribution in [0.5, 0.6) is 0 Å². The van der Waals surface area contributed by atoms with Gasteiger partial charge in [-0.15, -0.1) is 0 Å². The third kappa shape index (κ3) is 6.89. The number of piperazine rings is 1. The van der Waals surface area contributed by atoms with E-state index in [1.165, 1.54) is 12.1 Å². The Morgan fingerprint density at radius 2 is 1.53 bits per heavy atom. The van der Waals surface area contributed by atoms with Crippen LogP contribution in [0.1, 0.15) is 22.8 Å². The Bertz CT molecular complexity index is 1340. The Labute approximate surface area is 222 Å². The molecule has 1 aliphatic heterocycles. The number of nitrogens with zero attached hydrogens (tertiary/aromatic N) is 2. The van der Waals surface area contributed by atoms with Crippen LogP contribution in [0.4, 0.5) is 22.0 Å². The summed E-state index contributed by atoms with van der Waals surface area (Å²) in [6.07, 6.45) is -4.91. The molecule has 1 aliphatic rings. The molecule has 0 amide bonds. The summed E-state index contributed by atoms with van der Waals surface area (Å²) < 4.78 is 99.0. The predicted molar refractivity (Wildman–Crippen MR) is 132 cm³/mol. The third-order valence-corrected chi connectivity index (χ3v) is 8.43. The molecule has 1 unspecified atom stereocenters. The van der Waals surface area contributed by atoms with Crippen molar-refractivity contribution in [3.05, 3.63) is 100 Å². The van der Waals surface area contributed by atoms with Gasteiger partial charge in [0.25, 0.3) is 0 Å². The molecule has 3 aromatic carbocycles. The molecule has 4 rings (SSSR count). The number of benzene rings is 3. The second kappa shape index (κ2) is 11.7. The maximum absolute atomic E-state index is 14.1. The molecule has 0 bridgehead atoms. The number of halogens is 6. The van der Waals surface area contributed by atoms with Crippen LogP contribution < -0.4 is 0 Å². The van der Waals surface area contributed by atoms with Crippen molar-refractivity contribution in [2.75, 3.05) is 32.7 Å². The average molecular weight is 575 g/mol. The van der Waals surface area contributed by atoms with Gasteiger partial charge in [0.15, 0.2) is 0 Å². The molecule has 5 nitrogen and oxygen atoms in total. The second-order valence-electron chi connectivity index (χ2n) is 8.83. The molecule has 0 N–H and O–H groups in total. The monoisotopic (exact) mass is 574 g/mol. The minimum Gasteiger partial charge on any atom is -0.368 e. The summed E-state index contributed by atoms with van der Waals surface area (Å²) in [7, 11) is -4.14. The molecule has 0 aliphatic carbocycles. The van der Waals surface area contributed by atoms with Crippen molar-refractivity contribution in [1.82, 2.24) is 9.21 Å². The molecular formula is C26H24ClF5N2O3S. The van der Waals surface area contributed by atoms with Crippen LogP contribution >= 0.6 is 11.6 Å². The molecule has 38 heavy (non-hydrogen) atoms. The van der Waals surface area contributed by atoms with E-state index in [9.17, 15) is 30.4 Å². The Balaban J connectivity index is 1.42. The number of alkyl halides is 3. The second-order valence-corrected chi connectivity index (χ2v) is 11.2. The highest BCUT2D eigenvalue weighted by Crippen LogP contribution is 2.30. The summed E-state index contributed by atoms with van der Waals surface area (Å²) in [5.74, 6) is -2.01. The minimum absolute atomic E-state index is 0.0591. The van der Waals surface area contributed by atoms with E-state index >= 15 is 0 Å². The van der Waals surface area contributed by atoms with E-state index in [0.29, 0.717) is 36.3 Å². The first-order valence-electron chi connectivity index (χ1n) is 11.6. The fourth-order valence-electron chi connectivity index (χ4n) is 4.13. The lowest BCUT2D eigenvalue weighted by atomic mass is 10.1. The Morgan fingerprint density at radius 3 is 2.11 bits per heavy atom. The van der Waals surface area contributed by atoms with Crippen molar-refractivity contribution < 1.29 is 35.1 Å². The van der Waals surface area contributed by atoms with Crippen LogP contribution in [0.15, 0.2) is 71.6 Å². The van der Waals surface area contributed by atoms with Gasteiger partial charge in [0.2, 0.25) is 10.0 Å². The van der Waals surface area contributed by atoms with Crippen LogP contribution in [0.2, 0.25) is 5.02 Å². The number of hydrogen-bond acceptors (Lipinski definition) is 4. The third-order valence-electron chi connectivity index (χ3n) is 6.24. The molecule has 1 fully saturated rings. The number of sulfonamides is 1. The van der Waals surface area contributed by atoms with Gasteiger partial charge < -0.3 is 4.74 Å². The smallest absolute Gasteiger partial charge is 0.368 e. The standard InChI is InChI=1S/C26H24ClF5N2O3S/c27-21-7-3-19(4-8-21)24(37-17-18-1-5-20(6-2-18)26(30,31)32)16-33-11-13-34(14-12-33)38(35,36)25-10-9-22(28)15-23(25)29/h1-10,15,24H,11-14,16-17H2. The Morgan fingerprint density at radius 1 is 0.895 bits per heavy atom. The first kappa shape index (κ1) is 28.4. The zero-order chi connectivity index (χ0) is 27.5. The van der Waals surface area contributed by atoms with Crippen LogP contribution in [0.25, 0.3) is 0 Å². The SMILES string of the molecule is O=S(=O)(c1ccc(F)cc1F)N1CCN(CC(OCc2ccc(C(F)(F)F)cc2)c2ccc(Cl)cc2)CC1. The van der Waals surface area contributed by atoms with Crippen molar-refractivity contribution in [3.63, 3.8) is 0 Å². The summed E-state index contributed by atoms with van der Waals surface area (Å²) >= 11 is 6.01. The van der Waals surface area contributed by atoms with Crippen LogP contribution in [0.3, 0.4) is 0 Å². The molecule has 0 spiro atoms. The van der Waals surface area contributed by atoms with Crippen LogP contribution in [-0.2, 0) is 27.5 Å². The lowest BCUT2D eigenvalue weighted by Gasteiger charge is -2.36. The molecule has 1 atom stereocenters. The van der Waals surface area contributed by atoms with Gasteiger partial charge in [-0.2, -0.15) is 17.5 Å².